The average Bonchev–Trinajstić information content (AvgIpc) is 2.99. The molecule has 0 saturated carbocycles. The zero-order valence-electron chi connectivity index (χ0n) is 9.71. The summed E-state index contributed by atoms with van der Waals surface area (Å²) in [5.41, 5.74) is 6.61. The molecule has 100 valence electrons. The SMILES string of the molecule is Nc1ncnc2c1ncn2O[C@@H]1O[C@H](CO)[C@@H]2O[C@H]12. The van der Waals surface area contributed by atoms with Crippen LogP contribution in [0.25, 0.3) is 11.2 Å². The van der Waals surface area contributed by atoms with E-state index in [0.717, 1.165) is 0 Å². The minimum atomic E-state index is -0.587. The molecule has 2 aliphatic heterocycles. The van der Waals surface area contributed by atoms with Crippen LogP contribution in [0.2, 0.25) is 0 Å². The van der Waals surface area contributed by atoms with Gasteiger partial charge in [-0.1, -0.05) is 0 Å². The number of rotatable bonds is 3. The molecule has 2 aromatic rings. The van der Waals surface area contributed by atoms with Crippen molar-refractivity contribution in [2.45, 2.75) is 24.6 Å². The van der Waals surface area contributed by atoms with Crippen molar-refractivity contribution in [3.05, 3.63) is 12.7 Å². The number of nitrogens with two attached hydrogens (primary N) is 1. The number of aromatic nitrogens is 4. The Labute approximate surface area is 106 Å². The van der Waals surface area contributed by atoms with Gasteiger partial charge in [-0.25, -0.2) is 15.0 Å². The second-order valence-electron chi connectivity index (χ2n) is 4.40. The van der Waals surface area contributed by atoms with Crippen LogP contribution in [0.4, 0.5) is 5.82 Å². The van der Waals surface area contributed by atoms with Gasteiger partial charge in [0.1, 0.15) is 24.9 Å². The van der Waals surface area contributed by atoms with Crippen LogP contribution < -0.4 is 10.6 Å². The lowest BCUT2D eigenvalue weighted by atomic mass is 10.2. The van der Waals surface area contributed by atoms with Gasteiger partial charge in [0.15, 0.2) is 17.4 Å². The van der Waals surface area contributed by atoms with Crippen molar-refractivity contribution in [3.8, 4) is 0 Å². The minimum Gasteiger partial charge on any atom is -0.394 e. The van der Waals surface area contributed by atoms with Crippen molar-refractivity contribution in [2.75, 3.05) is 12.3 Å². The molecule has 9 nitrogen and oxygen atoms in total. The zero-order chi connectivity index (χ0) is 13.0. The number of fused-ring (bicyclic) bond motifs is 2. The van der Waals surface area contributed by atoms with Crippen LogP contribution in [0.5, 0.6) is 0 Å². The number of hydrogen-bond acceptors (Lipinski definition) is 8. The Bertz CT molecular complexity index is 631. The summed E-state index contributed by atoms with van der Waals surface area (Å²) in [7, 11) is 0. The van der Waals surface area contributed by atoms with Crippen LogP contribution in [0.15, 0.2) is 12.7 Å². The van der Waals surface area contributed by atoms with Crippen LogP contribution in [-0.4, -0.2) is 56.0 Å². The number of epoxide rings is 1. The molecule has 0 unspecified atom stereocenters. The van der Waals surface area contributed by atoms with E-state index >= 15 is 0 Å². The molecule has 0 spiro atoms. The summed E-state index contributed by atoms with van der Waals surface area (Å²) in [4.78, 5) is 17.6. The fraction of sp³-hybridized carbons (Fsp3) is 0.500. The van der Waals surface area contributed by atoms with E-state index in [4.69, 9.17) is 25.2 Å². The van der Waals surface area contributed by atoms with Gasteiger partial charge in [-0.2, -0.15) is 0 Å². The molecule has 4 heterocycles. The number of nitrogens with zero attached hydrogens (tertiary/aromatic N) is 4. The Morgan fingerprint density at radius 3 is 3.00 bits per heavy atom. The smallest absolute Gasteiger partial charge is 0.254 e. The molecule has 2 fully saturated rings. The maximum absolute atomic E-state index is 9.10. The molecular formula is C10H11N5O4. The highest BCUT2D eigenvalue weighted by molar-refractivity contribution is 5.80. The summed E-state index contributed by atoms with van der Waals surface area (Å²) < 4.78 is 12.2. The minimum absolute atomic E-state index is 0.0931. The van der Waals surface area contributed by atoms with E-state index in [1.165, 1.54) is 17.4 Å². The second kappa shape index (κ2) is 3.76. The summed E-state index contributed by atoms with van der Waals surface area (Å²) in [5, 5.41) is 9.10. The highest BCUT2D eigenvalue weighted by Crippen LogP contribution is 2.38. The Morgan fingerprint density at radius 2 is 2.21 bits per heavy atom. The topological polar surface area (TPSA) is 121 Å². The third-order valence-corrected chi connectivity index (χ3v) is 3.23. The zero-order valence-corrected chi connectivity index (χ0v) is 9.71. The van der Waals surface area contributed by atoms with Crippen molar-refractivity contribution < 1.29 is 19.4 Å². The number of nitrogen functional groups attached to an aromatic ring is 1. The maximum Gasteiger partial charge on any atom is 0.254 e. The second-order valence-corrected chi connectivity index (χ2v) is 4.40. The number of anilines is 1. The van der Waals surface area contributed by atoms with Crippen LogP contribution >= 0.6 is 0 Å². The van der Waals surface area contributed by atoms with Gasteiger partial charge in [0, 0.05) is 0 Å². The van der Waals surface area contributed by atoms with Gasteiger partial charge in [-0.15, -0.1) is 4.73 Å². The third-order valence-electron chi connectivity index (χ3n) is 3.23. The van der Waals surface area contributed by atoms with Crippen molar-refractivity contribution in [1.29, 1.82) is 0 Å². The van der Waals surface area contributed by atoms with Gasteiger partial charge in [0.05, 0.1) is 6.61 Å². The molecule has 2 aliphatic rings. The van der Waals surface area contributed by atoms with Crippen LogP contribution in [0, 0.1) is 0 Å². The van der Waals surface area contributed by atoms with Crippen molar-refractivity contribution >= 4 is 17.0 Å². The van der Waals surface area contributed by atoms with E-state index in [0.29, 0.717) is 11.2 Å². The van der Waals surface area contributed by atoms with E-state index < -0.39 is 6.29 Å². The summed E-state index contributed by atoms with van der Waals surface area (Å²) in [6.07, 6.45) is 1.60. The lowest BCUT2D eigenvalue weighted by molar-refractivity contribution is -0.179. The molecule has 4 atom stereocenters. The van der Waals surface area contributed by atoms with E-state index in [9.17, 15) is 0 Å². The number of aliphatic hydroxyl groups is 1. The first kappa shape index (κ1) is 10.9. The first-order valence-corrected chi connectivity index (χ1v) is 5.80. The molecular weight excluding hydrogens is 254 g/mol. The molecule has 2 aromatic heterocycles. The molecule has 0 bridgehead atoms. The number of hydrogen-bond donors (Lipinski definition) is 2. The largest absolute Gasteiger partial charge is 0.394 e. The summed E-state index contributed by atoms with van der Waals surface area (Å²) in [6.45, 7) is -0.0964. The van der Waals surface area contributed by atoms with Crippen molar-refractivity contribution in [2.24, 2.45) is 0 Å². The number of aliphatic hydroxyl groups excluding tert-OH is 1. The highest BCUT2D eigenvalue weighted by atomic mass is 16.8. The van der Waals surface area contributed by atoms with E-state index in [1.807, 2.05) is 0 Å². The fourth-order valence-corrected chi connectivity index (χ4v) is 2.23. The molecule has 0 amide bonds. The molecule has 2 saturated heterocycles. The Kier molecular flexibility index (Phi) is 2.16. The van der Waals surface area contributed by atoms with Crippen molar-refractivity contribution in [3.63, 3.8) is 0 Å². The van der Waals surface area contributed by atoms with Crippen molar-refractivity contribution in [1.82, 2.24) is 19.7 Å². The van der Waals surface area contributed by atoms with Crippen LogP contribution in [-0.2, 0) is 9.47 Å². The maximum atomic E-state index is 9.10. The van der Waals surface area contributed by atoms with Crippen LogP contribution in [0.1, 0.15) is 0 Å². The van der Waals surface area contributed by atoms with Gasteiger partial charge in [0.25, 0.3) is 6.29 Å². The quantitative estimate of drug-likeness (QED) is 0.631. The van der Waals surface area contributed by atoms with Gasteiger partial charge < -0.3 is 25.2 Å². The first-order chi connectivity index (χ1) is 9.28. The van der Waals surface area contributed by atoms with Gasteiger partial charge in [-0.05, 0) is 0 Å². The lowest BCUT2D eigenvalue weighted by Crippen LogP contribution is -2.32. The number of imidazole rings is 1. The Hall–Kier alpha value is -1.97. The Morgan fingerprint density at radius 1 is 1.32 bits per heavy atom. The fourth-order valence-electron chi connectivity index (χ4n) is 2.23. The predicted molar refractivity (Wildman–Crippen MR) is 60.7 cm³/mol. The highest BCUT2D eigenvalue weighted by Gasteiger charge is 2.59. The van der Waals surface area contributed by atoms with Gasteiger partial charge >= 0.3 is 0 Å². The van der Waals surface area contributed by atoms with E-state index in [1.54, 1.807) is 0 Å². The normalized spacial score (nSPS) is 32.5. The Balaban J connectivity index is 1.61. The van der Waals surface area contributed by atoms with E-state index in [2.05, 4.69) is 15.0 Å². The van der Waals surface area contributed by atoms with Gasteiger partial charge in [0.2, 0.25) is 5.65 Å². The third kappa shape index (κ3) is 1.56. The summed E-state index contributed by atoms with van der Waals surface area (Å²) in [6, 6.07) is 0. The monoisotopic (exact) mass is 265 g/mol. The molecule has 0 aromatic carbocycles. The van der Waals surface area contributed by atoms with E-state index in [-0.39, 0.29) is 30.7 Å². The van der Waals surface area contributed by atoms with Gasteiger partial charge in [-0.3, -0.25) is 0 Å². The average molecular weight is 265 g/mol. The molecule has 19 heavy (non-hydrogen) atoms. The standard InChI is InChI=1S/C10H11N5O4/c11-8-5-9(13-2-12-8)15(3-14-5)19-10-7-6(18-7)4(1-16)17-10/h2-4,6-7,10,16H,1H2,(H2,11,12,13)/t4-,6+,7+,10+/m1/s1. The molecule has 3 N–H and O–H groups in total. The number of ether oxygens (including phenoxy) is 2. The predicted octanol–water partition coefficient (Wildman–Crippen LogP) is -1.68. The lowest BCUT2D eigenvalue weighted by Gasteiger charge is -2.17. The first-order valence-electron chi connectivity index (χ1n) is 5.80. The summed E-state index contributed by atoms with van der Waals surface area (Å²) >= 11 is 0. The molecule has 0 aliphatic carbocycles. The summed E-state index contributed by atoms with van der Waals surface area (Å²) in [5.74, 6) is 0.286. The van der Waals surface area contributed by atoms with Crippen LogP contribution in [0.3, 0.4) is 0 Å². The molecule has 9 heteroatoms. The molecule has 0 radical (unpaired) electrons. The molecule has 4 rings (SSSR count).